The molecule has 2 aromatic rings. The summed E-state index contributed by atoms with van der Waals surface area (Å²) in [5.41, 5.74) is 5.83. The molecule has 1 fully saturated rings. The number of fused-ring (bicyclic) bond motifs is 1. The molecule has 0 bridgehead atoms. The maximum absolute atomic E-state index is 12.8. The zero-order valence-electron chi connectivity index (χ0n) is 15.9. The molecule has 1 aliphatic carbocycles. The van der Waals surface area contributed by atoms with Crippen molar-refractivity contribution in [3.63, 3.8) is 0 Å². The van der Waals surface area contributed by atoms with Gasteiger partial charge in [-0.3, -0.25) is 4.79 Å². The van der Waals surface area contributed by atoms with Crippen molar-refractivity contribution in [2.75, 3.05) is 0 Å². The molecule has 1 amide bonds. The number of carbonyl (C=O) groups excluding carboxylic acids is 2. The summed E-state index contributed by atoms with van der Waals surface area (Å²) in [7, 11) is 0. The molecule has 3 rings (SSSR count). The van der Waals surface area contributed by atoms with Crippen LogP contribution in [0.15, 0.2) is 24.3 Å². The molecule has 1 saturated carbocycles. The van der Waals surface area contributed by atoms with Gasteiger partial charge in [0.25, 0.3) is 5.91 Å². The third-order valence-electron chi connectivity index (χ3n) is 4.87. The molecule has 2 atom stereocenters. The summed E-state index contributed by atoms with van der Waals surface area (Å²) in [6.45, 7) is 5.42. The summed E-state index contributed by atoms with van der Waals surface area (Å²) in [6, 6.07) is 6.63. The van der Waals surface area contributed by atoms with Gasteiger partial charge < -0.3 is 20.8 Å². The van der Waals surface area contributed by atoms with Crippen LogP contribution in [0.2, 0.25) is 5.02 Å². The SMILES string of the molecule is CC(C)(C)OC(=O)C1(N)CCCCC1NC(=O)c1cc2cc(Cl)ccc2[nH]1. The Hall–Kier alpha value is -2.05. The number of nitrogens with two attached hydrogens (primary N) is 1. The highest BCUT2D eigenvalue weighted by Gasteiger charge is 2.47. The highest BCUT2D eigenvalue weighted by atomic mass is 35.5. The first-order chi connectivity index (χ1) is 12.6. The lowest BCUT2D eigenvalue weighted by Crippen LogP contribution is -2.65. The van der Waals surface area contributed by atoms with Crippen molar-refractivity contribution < 1.29 is 14.3 Å². The van der Waals surface area contributed by atoms with Crippen LogP contribution in [0.4, 0.5) is 0 Å². The number of rotatable bonds is 3. The van der Waals surface area contributed by atoms with Crippen LogP contribution in [0, 0.1) is 0 Å². The van der Waals surface area contributed by atoms with E-state index in [0.29, 0.717) is 23.6 Å². The van der Waals surface area contributed by atoms with Crippen molar-refractivity contribution >= 4 is 34.4 Å². The molecular formula is C20H26ClN3O3. The number of aromatic nitrogens is 1. The van der Waals surface area contributed by atoms with Gasteiger partial charge in [0.2, 0.25) is 0 Å². The van der Waals surface area contributed by atoms with Crippen molar-refractivity contribution in [3.05, 3.63) is 35.0 Å². The summed E-state index contributed by atoms with van der Waals surface area (Å²) >= 11 is 6.01. The van der Waals surface area contributed by atoms with E-state index in [4.69, 9.17) is 22.1 Å². The normalized spacial score (nSPS) is 23.2. The lowest BCUT2D eigenvalue weighted by atomic mass is 9.78. The third-order valence-corrected chi connectivity index (χ3v) is 5.10. The summed E-state index contributed by atoms with van der Waals surface area (Å²) < 4.78 is 5.52. The van der Waals surface area contributed by atoms with Gasteiger partial charge in [-0.1, -0.05) is 24.4 Å². The van der Waals surface area contributed by atoms with Crippen LogP contribution in [-0.2, 0) is 9.53 Å². The molecule has 1 aliphatic rings. The number of hydrogen-bond acceptors (Lipinski definition) is 4. The standard InChI is InChI=1S/C20H26ClN3O3/c1-19(2,3)27-18(26)20(22)9-5-4-6-16(20)24-17(25)15-11-12-10-13(21)7-8-14(12)23-15/h7-8,10-11,16,23H,4-6,9,22H2,1-3H3,(H,24,25). The number of nitrogens with one attached hydrogen (secondary N) is 2. The Morgan fingerprint density at radius 1 is 1.30 bits per heavy atom. The second-order valence-corrected chi connectivity index (χ2v) is 8.67. The Morgan fingerprint density at radius 3 is 2.74 bits per heavy atom. The van der Waals surface area contributed by atoms with Gasteiger partial charge in [-0.25, -0.2) is 4.79 Å². The molecule has 0 radical (unpaired) electrons. The highest BCUT2D eigenvalue weighted by Crippen LogP contribution is 2.30. The lowest BCUT2D eigenvalue weighted by molar-refractivity contribution is -0.164. The molecule has 1 aromatic heterocycles. The number of esters is 1. The van der Waals surface area contributed by atoms with Gasteiger partial charge in [0.1, 0.15) is 16.8 Å². The van der Waals surface area contributed by atoms with Gasteiger partial charge >= 0.3 is 5.97 Å². The molecule has 0 aliphatic heterocycles. The van der Waals surface area contributed by atoms with Crippen molar-refractivity contribution in [3.8, 4) is 0 Å². The van der Waals surface area contributed by atoms with Crippen molar-refractivity contribution in [2.24, 2.45) is 5.73 Å². The van der Waals surface area contributed by atoms with E-state index in [-0.39, 0.29) is 5.91 Å². The second kappa shape index (κ2) is 7.17. The van der Waals surface area contributed by atoms with Gasteiger partial charge in [0.05, 0.1) is 6.04 Å². The van der Waals surface area contributed by atoms with E-state index in [1.54, 1.807) is 39.0 Å². The predicted octanol–water partition coefficient (Wildman–Crippen LogP) is 3.53. The molecule has 27 heavy (non-hydrogen) atoms. The topological polar surface area (TPSA) is 97.2 Å². The number of amides is 1. The molecule has 2 unspecified atom stereocenters. The van der Waals surface area contributed by atoms with Gasteiger partial charge in [-0.15, -0.1) is 0 Å². The van der Waals surface area contributed by atoms with Gasteiger partial charge in [-0.2, -0.15) is 0 Å². The minimum atomic E-state index is -1.23. The Morgan fingerprint density at radius 2 is 2.04 bits per heavy atom. The number of carbonyl (C=O) groups is 2. The van der Waals surface area contributed by atoms with Crippen molar-refractivity contribution in [1.82, 2.24) is 10.3 Å². The zero-order valence-corrected chi connectivity index (χ0v) is 16.7. The quantitative estimate of drug-likeness (QED) is 0.697. The third kappa shape index (κ3) is 4.28. The van der Waals surface area contributed by atoms with E-state index >= 15 is 0 Å². The molecule has 1 heterocycles. The van der Waals surface area contributed by atoms with Crippen molar-refractivity contribution in [1.29, 1.82) is 0 Å². The van der Waals surface area contributed by atoms with Crippen molar-refractivity contribution in [2.45, 2.75) is 63.6 Å². The van der Waals surface area contributed by atoms with E-state index < -0.39 is 23.2 Å². The van der Waals surface area contributed by atoms with E-state index in [1.165, 1.54) is 0 Å². The Labute approximate surface area is 163 Å². The summed E-state index contributed by atoms with van der Waals surface area (Å²) in [5, 5.41) is 4.39. The van der Waals surface area contributed by atoms with Gasteiger partial charge in [0, 0.05) is 15.9 Å². The molecule has 146 valence electrons. The second-order valence-electron chi connectivity index (χ2n) is 8.23. The number of hydrogen-bond donors (Lipinski definition) is 3. The maximum Gasteiger partial charge on any atom is 0.328 e. The summed E-state index contributed by atoms with van der Waals surface area (Å²) in [5.74, 6) is -0.768. The molecule has 0 spiro atoms. The smallest absolute Gasteiger partial charge is 0.328 e. The molecular weight excluding hydrogens is 366 g/mol. The van der Waals surface area contributed by atoms with Crippen LogP contribution in [0.1, 0.15) is 56.9 Å². The maximum atomic E-state index is 12.8. The van der Waals surface area contributed by atoms with Crippen LogP contribution >= 0.6 is 11.6 Å². The fraction of sp³-hybridized carbons (Fsp3) is 0.500. The van der Waals surface area contributed by atoms with E-state index in [2.05, 4.69) is 10.3 Å². The average Bonchev–Trinajstić information content (AvgIpc) is 2.98. The first-order valence-corrected chi connectivity index (χ1v) is 9.58. The van der Waals surface area contributed by atoms with Crippen LogP contribution in [0.5, 0.6) is 0 Å². The molecule has 0 saturated heterocycles. The number of halogens is 1. The lowest BCUT2D eigenvalue weighted by Gasteiger charge is -2.40. The molecule has 7 heteroatoms. The number of aromatic amines is 1. The Kier molecular flexibility index (Phi) is 5.23. The van der Waals surface area contributed by atoms with Crippen LogP contribution < -0.4 is 11.1 Å². The Balaban J connectivity index is 1.80. The van der Waals surface area contributed by atoms with Crippen LogP contribution in [0.25, 0.3) is 10.9 Å². The minimum absolute atomic E-state index is 0.299. The minimum Gasteiger partial charge on any atom is -0.459 e. The first-order valence-electron chi connectivity index (χ1n) is 9.20. The van der Waals surface area contributed by atoms with E-state index in [9.17, 15) is 9.59 Å². The first kappa shape index (κ1) is 19.7. The number of ether oxygens (including phenoxy) is 1. The largest absolute Gasteiger partial charge is 0.459 e. The van der Waals surface area contributed by atoms with Crippen LogP contribution in [0.3, 0.4) is 0 Å². The number of H-pyrrole nitrogens is 1. The van der Waals surface area contributed by atoms with Gasteiger partial charge in [0.15, 0.2) is 0 Å². The molecule has 6 nitrogen and oxygen atoms in total. The summed E-state index contributed by atoms with van der Waals surface area (Å²) in [6.07, 6.45) is 2.84. The Bertz CT molecular complexity index is 871. The van der Waals surface area contributed by atoms with Crippen LogP contribution in [-0.4, -0.2) is 34.0 Å². The predicted molar refractivity (Wildman–Crippen MR) is 106 cm³/mol. The average molecular weight is 392 g/mol. The molecule has 4 N–H and O–H groups in total. The van der Waals surface area contributed by atoms with Gasteiger partial charge in [-0.05, 0) is 57.9 Å². The summed E-state index contributed by atoms with van der Waals surface area (Å²) in [4.78, 5) is 28.6. The fourth-order valence-corrected chi connectivity index (χ4v) is 3.66. The fourth-order valence-electron chi connectivity index (χ4n) is 3.48. The number of benzene rings is 1. The van der Waals surface area contributed by atoms with E-state index in [1.807, 2.05) is 6.07 Å². The highest BCUT2D eigenvalue weighted by molar-refractivity contribution is 6.31. The molecule has 1 aromatic carbocycles. The van der Waals surface area contributed by atoms with E-state index in [0.717, 1.165) is 23.7 Å². The monoisotopic (exact) mass is 391 g/mol. The zero-order chi connectivity index (χ0) is 19.8.